The number of hydrogen-bond acceptors (Lipinski definition) is 3. The molecule has 3 rings (SSSR count). The zero-order valence-electron chi connectivity index (χ0n) is 10.5. The van der Waals surface area contributed by atoms with Crippen LogP contribution in [0.4, 0.5) is 5.82 Å². The Morgan fingerprint density at radius 1 is 1.44 bits per heavy atom. The number of anilines is 1. The van der Waals surface area contributed by atoms with Crippen LogP contribution in [-0.2, 0) is 0 Å². The summed E-state index contributed by atoms with van der Waals surface area (Å²) in [4.78, 5) is 7.16. The molecule has 2 nitrogen and oxygen atoms in total. The largest absolute Gasteiger partial charge is 0.355 e. The smallest absolute Gasteiger partial charge is 0.147 e. The molecule has 4 heteroatoms. The minimum absolute atomic E-state index is 0.909. The molecule has 1 aliphatic heterocycles. The lowest BCUT2D eigenvalue weighted by Crippen LogP contribution is -2.34. The van der Waals surface area contributed by atoms with Crippen molar-refractivity contribution >= 4 is 43.2 Å². The fourth-order valence-electron chi connectivity index (χ4n) is 2.69. The minimum Gasteiger partial charge on any atom is -0.355 e. The Morgan fingerprint density at radius 2 is 2.22 bits per heavy atom. The highest BCUT2D eigenvalue weighted by Gasteiger charge is 2.21. The van der Waals surface area contributed by atoms with Crippen molar-refractivity contribution in [3.8, 4) is 0 Å². The van der Waals surface area contributed by atoms with E-state index in [-0.39, 0.29) is 0 Å². The maximum atomic E-state index is 4.70. The molecule has 2 aromatic rings. The van der Waals surface area contributed by atoms with E-state index in [1.807, 2.05) is 0 Å². The topological polar surface area (TPSA) is 16.1 Å². The highest BCUT2D eigenvalue weighted by molar-refractivity contribution is 9.10. The zero-order valence-corrected chi connectivity index (χ0v) is 12.9. The molecular formula is C14H17BrN2S. The second-order valence-electron chi connectivity index (χ2n) is 4.95. The van der Waals surface area contributed by atoms with Gasteiger partial charge >= 0.3 is 0 Å². The van der Waals surface area contributed by atoms with Gasteiger partial charge in [0.2, 0.25) is 0 Å². The Bertz CT molecular complexity index is 544. The van der Waals surface area contributed by atoms with Crippen LogP contribution in [0.5, 0.6) is 0 Å². The van der Waals surface area contributed by atoms with E-state index in [4.69, 9.17) is 4.98 Å². The number of fused-ring (bicyclic) bond motifs is 1. The molecule has 3 heterocycles. The van der Waals surface area contributed by atoms with E-state index in [0.29, 0.717) is 0 Å². The van der Waals surface area contributed by atoms with Crippen molar-refractivity contribution in [1.29, 1.82) is 0 Å². The van der Waals surface area contributed by atoms with Gasteiger partial charge in [0.1, 0.15) is 10.4 Å². The van der Waals surface area contributed by atoms with Gasteiger partial charge in [-0.25, -0.2) is 4.98 Å². The van der Waals surface area contributed by atoms with Crippen molar-refractivity contribution in [3.63, 3.8) is 0 Å². The molecule has 0 aliphatic carbocycles. The van der Waals surface area contributed by atoms with Gasteiger partial charge in [-0.2, -0.15) is 0 Å². The molecule has 0 atom stereocenters. The van der Waals surface area contributed by atoms with E-state index in [2.05, 4.69) is 45.3 Å². The second-order valence-corrected chi connectivity index (χ2v) is 6.67. The van der Waals surface area contributed by atoms with E-state index >= 15 is 0 Å². The van der Waals surface area contributed by atoms with Crippen LogP contribution in [0.1, 0.15) is 26.2 Å². The third-order valence-electron chi connectivity index (χ3n) is 3.88. The van der Waals surface area contributed by atoms with Crippen LogP contribution in [0, 0.1) is 5.92 Å². The number of hydrogen-bond donors (Lipinski definition) is 0. The summed E-state index contributed by atoms with van der Waals surface area (Å²) >= 11 is 5.32. The van der Waals surface area contributed by atoms with Crippen LogP contribution in [-0.4, -0.2) is 18.1 Å². The first-order valence-electron chi connectivity index (χ1n) is 6.56. The van der Waals surface area contributed by atoms with Crippen LogP contribution in [0.15, 0.2) is 22.1 Å². The summed E-state index contributed by atoms with van der Waals surface area (Å²) in [6, 6.07) is 4.28. The standard InChI is InChI=1S/C14H17BrN2S/c1-2-10-3-6-17(7-4-10)14-13-11(5-8-18-13)9-12(15)16-14/h5,8-10H,2-4,6-7H2,1H3. The first-order valence-corrected chi connectivity index (χ1v) is 8.24. The summed E-state index contributed by atoms with van der Waals surface area (Å²) in [5.74, 6) is 2.08. The molecule has 0 bridgehead atoms. The molecular weight excluding hydrogens is 308 g/mol. The van der Waals surface area contributed by atoms with Crippen molar-refractivity contribution in [1.82, 2.24) is 4.98 Å². The van der Waals surface area contributed by atoms with E-state index < -0.39 is 0 Å². The summed E-state index contributed by atoms with van der Waals surface area (Å²) in [5.41, 5.74) is 0. The predicted octanol–water partition coefficient (Wildman–Crippen LogP) is 4.69. The Balaban J connectivity index is 1.92. The number of nitrogens with zero attached hydrogens (tertiary/aromatic N) is 2. The van der Waals surface area contributed by atoms with Crippen molar-refractivity contribution in [2.45, 2.75) is 26.2 Å². The van der Waals surface area contributed by atoms with Crippen LogP contribution >= 0.6 is 27.3 Å². The fraction of sp³-hybridized carbons (Fsp3) is 0.500. The van der Waals surface area contributed by atoms with Crippen LogP contribution in [0.3, 0.4) is 0 Å². The number of thiophene rings is 1. The molecule has 18 heavy (non-hydrogen) atoms. The number of piperidine rings is 1. The van der Waals surface area contributed by atoms with Crippen molar-refractivity contribution in [3.05, 3.63) is 22.1 Å². The summed E-state index contributed by atoms with van der Waals surface area (Å²) in [5, 5.41) is 3.45. The summed E-state index contributed by atoms with van der Waals surface area (Å²) in [6.45, 7) is 4.60. The number of aromatic nitrogens is 1. The maximum absolute atomic E-state index is 4.70. The Hall–Kier alpha value is -0.610. The van der Waals surface area contributed by atoms with Gasteiger partial charge in [-0.15, -0.1) is 11.3 Å². The SMILES string of the molecule is CCC1CCN(c2nc(Br)cc3ccsc23)CC1. The molecule has 1 saturated heterocycles. The third kappa shape index (κ3) is 2.28. The van der Waals surface area contributed by atoms with Gasteiger partial charge in [-0.3, -0.25) is 0 Å². The molecule has 0 N–H and O–H groups in total. The van der Waals surface area contributed by atoms with E-state index in [1.54, 1.807) is 11.3 Å². The van der Waals surface area contributed by atoms with Crippen LogP contribution in [0.25, 0.3) is 10.1 Å². The average Bonchev–Trinajstić information content (AvgIpc) is 2.86. The molecule has 1 fully saturated rings. The summed E-state index contributed by atoms with van der Waals surface area (Å²) < 4.78 is 2.27. The van der Waals surface area contributed by atoms with Crippen molar-refractivity contribution in [2.24, 2.45) is 5.92 Å². The highest BCUT2D eigenvalue weighted by atomic mass is 79.9. The van der Waals surface area contributed by atoms with E-state index in [1.165, 1.54) is 35.2 Å². The number of rotatable bonds is 2. The lowest BCUT2D eigenvalue weighted by molar-refractivity contribution is 0.394. The Morgan fingerprint density at radius 3 is 2.94 bits per heavy atom. The Kier molecular flexibility index (Phi) is 3.57. The lowest BCUT2D eigenvalue weighted by atomic mass is 9.94. The van der Waals surface area contributed by atoms with Gasteiger partial charge in [-0.05, 0) is 57.6 Å². The zero-order chi connectivity index (χ0) is 12.5. The quantitative estimate of drug-likeness (QED) is 0.745. The molecule has 0 saturated carbocycles. The number of pyridine rings is 1. The normalized spacial score (nSPS) is 17.6. The molecule has 0 amide bonds. The molecule has 0 aromatic carbocycles. The van der Waals surface area contributed by atoms with E-state index in [9.17, 15) is 0 Å². The van der Waals surface area contributed by atoms with Crippen molar-refractivity contribution in [2.75, 3.05) is 18.0 Å². The monoisotopic (exact) mass is 324 g/mol. The second kappa shape index (κ2) is 5.17. The lowest BCUT2D eigenvalue weighted by Gasteiger charge is -2.32. The van der Waals surface area contributed by atoms with Gasteiger partial charge < -0.3 is 4.90 Å². The van der Waals surface area contributed by atoms with Gasteiger partial charge in [0.15, 0.2) is 0 Å². The minimum atomic E-state index is 0.909. The van der Waals surface area contributed by atoms with Gasteiger partial charge in [0.25, 0.3) is 0 Å². The van der Waals surface area contributed by atoms with Gasteiger partial charge in [-0.1, -0.05) is 13.3 Å². The Labute approximate surface area is 120 Å². The average molecular weight is 325 g/mol. The molecule has 0 radical (unpaired) electrons. The van der Waals surface area contributed by atoms with E-state index in [0.717, 1.165) is 23.6 Å². The first-order chi connectivity index (χ1) is 8.78. The molecule has 1 aliphatic rings. The summed E-state index contributed by atoms with van der Waals surface area (Å²) in [7, 11) is 0. The molecule has 0 spiro atoms. The molecule has 0 unspecified atom stereocenters. The fourth-order valence-corrected chi connectivity index (χ4v) is 4.00. The maximum Gasteiger partial charge on any atom is 0.147 e. The van der Waals surface area contributed by atoms with Crippen LogP contribution in [0.2, 0.25) is 0 Å². The molecule has 96 valence electrons. The first kappa shape index (κ1) is 12.4. The van der Waals surface area contributed by atoms with Crippen LogP contribution < -0.4 is 4.90 Å². The van der Waals surface area contributed by atoms with Crippen molar-refractivity contribution < 1.29 is 0 Å². The highest BCUT2D eigenvalue weighted by Crippen LogP contribution is 2.34. The predicted molar refractivity (Wildman–Crippen MR) is 82.5 cm³/mol. The van der Waals surface area contributed by atoms with Gasteiger partial charge in [0.05, 0.1) is 4.70 Å². The third-order valence-corrected chi connectivity index (χ3v) is 5.21. The number of halogens is 1. The van der Waals surface area contributed by atoms with Gasteiger partial charge in [0, 0.05) is 13.1 Å². The summed E-state index contributed by atoms with van der Waals surface area (Å²) in [6.07, 6.45) is 3.92. The molecule has 2 aromatic heterocycles.